The zero-order chi connectivity index (χ0) is 14.2. The first-order valence-corrected chi connectivity index (χ1v) is 7.38. The molecule has 1 aromatic rings. The van der Waals surface area contributed by atoms with E-state index in [1.807, 2.05) is 24.3 Å². The molecule has 3 heteroatoms. The average Bonchev–Trinajstić information content (AvgIpc) is 2.52. The van der Waals surface area contributed by atoms with Gasteiger partial charge in [-0.1, -0.05) is 31.2 Å². The number of aliphatic hydroxyl groups excluding tert-OH is 1. The fourth-order valence-electron chi connectivity index (χ4n) is 2.49. The van der Waals surface area contributed by atoms with Crippen molar-refractivity contribution in [1.29, 1.82) is 0 Å². The minimum atomic E-state index is -0.494. The molecule has 0 bridgehead atoms. The summed E-state index contributed by atoms with van der Waals surface area (Å²) in [5.41, 5.74) is 1.76. The third kappa shape index (κ3) is 4.88. The lowest BCUT2D eigenvalue weighted by Gasteiger charge is -2.23. The molecule has 1 aromatic carbocycles. The molecule has 2 N–H and O–H groups in total. The second kappa shape index (κ2) is 7.94. The van der Waals surface area contributed by atoms with Crippen molar-refractivity contribution < 1.29 is 9.84 Å². The largest absolute Gasteiger partial charge is 0.389 e. The van der Waals surface area contributed by atoms with Gasteiger partial charge in [-0.15, -0.1) is 6.42 Å². The second-order valence-corrected chi connectivity index (χ2v) is 5.35. The van der Waals surface area contributed by atoms with E-state index in [-0.39, 0.29) is 0 Å². The summed E-state index contributed by atoms with van der Waals surface area (Å²) in [4.78, 5) is 0. The molecule has 2 rings (SSSR count). The minimum Gasteiger partial charge on any atom is -0.389 e. The highest BCUT2D eigenvalue weighted by atomic mass is 16.5. The summed E-state index contributed by atoms with van der Waals surface area (Å²) >= 11 is 0. The van der Waals surface area contributed by atoms with Crippen LogP contribution in [0.5, 0.6) is 0 Å². The number of hydrogen-bond acceptors (Lipinski definition) is 3. The molecule has 0 aromatic heterocycles. The number of anilines is 1. The van der Waals surface area contributed by atoms with Gasteiger partial charge < -0.3 is 15.2 Å². The van der Waals surface area contributed by atoms with Crippen molar-refractivity contribution in [3.8, 4) is 12.3 Å². The van der Waals surface area contributed by atoms with Crippen molar-refractivity contribution in [3.05, 3.63) is 29.8 Å². The van der Waals surface area contributed by atoms with Crippen LogP contribution in [0, 0.1) is 12.3 Å². The van der Waals surface area contributed by atoms with Crippen LogP contribution in [0.15, 0.2) is 24.3 Å². The molecule has 0 heterocycles. The summed E-state index contributed by atoms with van der Waals surface area (Å²) in [6, 6.07) is 7.63. The SMILES string of the molecule is C#Cc1cccc(NCC(O)COC2CCCCC2)c1. The van der Waals surface area contributed by atoms with Gasteiger partial charge in [-0.25, -0.2) is 0 Å². The first kappa shape index (κ1) is 14.9. The van der Waals surface area contributed by atoms with Crippen LogP contribution in [-0.4, -0.2) is 30.5 Å². The first-order chi connectivity index (χ1) is 9.78. The van der Waals surface area contributed by atoms with Crippen LogP contribution in [-0.2, 0) is 4.74 Å². The normalized spacial score (nSPS) is 17.4. The fourth-order valence-corrected chi connectivity index (χ4v) is 2.49. The number of benzene rings is 1. The standard InChI is InChI=1S/C17H23NO2/c1-2-14-7-6-8-15(11-14)18-12-16(19)13-20-17-9-4-3-5-10-17/h1,6-8,11,16-19H,3-5,9-10,12-13H2. The zero-order valence-electron chi connectivity index (χ0n) is 11.8. The van der Waals surface area contributed by atoms with Crippen LogP contribution in [0.25, 0.3) is 0 Å². The quantitative estimate of drug-likeness (QED) is 0.783. The van der Waals surface area contributed by atoms with E-state index in [1.165, 1.54) is 19.3 Å². The number of hydrogen-bond donors (Lipinski definition) is 2. The van der Waals surface area contributed by atoms with Crippen LogP contribution in [0.3, 0.4) is 0 Å². The number of aliphatic hydroxyl groups is 1. The lowest BCUT2D eigenvalue weighted by Crippen LogP contribution is -2.28. The number of ether oxygens (including phenoxy) is 1. The Bertz CT molecular complexity index is 447. The average molecular weight is 273 g/mol. The molecule has 20 heavy (non-hydrogen) atoms. The molecule has 1 unspecified atom stereocenters. The topological polar surface area (TPSA) is 41.5 Å². The summed E-state index contributed by atoms with van der Waals surface area (Å²) in [6.07, 6.45) is 11.3. The number of nitrogens with one attached hydrogen (secondary N) is 1. The Labute approximate surface area is 121 Å². The third-order valence-corrected chi connectivity index (χ3v) is 3.65. The summed E-state index contributed by atoms with van der Waals surface area (Å²) in [7, 11) is 0. The Hall–Kier alpha value is -1.50. The van der Waals surface area contributed by atoms with Gasteiger partial charge in [0.2, 0.25) is 0 Å². The van der Waals surface area contributed by atoms with Gasteiger partial charge in [0.25, 0.3) is 0 Å². The summed E-state index contributed by atoms with van der Waals surface area (Å²) in [5, 5.41) is 13.1. The van der Waals surface area contributed by atoms with Crippen LogP contribution in [0.2, 0.25) is 0 Å². The van der Waals surface area contributed by atoms with Crippen molar-refractivity contribution >= 4 is 5.69 Å². The Morgan fingerprint density at radius 2 is 2.15 bits per heavy atom. The van der Waals surface area contributed by atoms with Crippen molar-refractivity contribution in [3.63, 3.8) is 0 Å². The van der Waals surface area contributed by atoms with Gasteiger partial charge in [-0.05, 0) is 31.0 Å². The van der Waals surface area contributed by atoms with Crippen molar-refractivity contribution in [2.75, 3.05) is 18.5 Å². The van der Waals surface area contributed by atoms with Gasteiger partial charge in [0.1, 0.15) is 0 Å². The summed E-state index contributed by atoms with van der Waals surface area (Å²) in [6.45, 7) is 0.868. The maximum absolute atomic E-state index is 9.94. The van der Waals surface area contributed by atoms with Crippen LogP contribution < -0.4 is 5.32 Å². The van der Waals surface area contributed by atoms with E-state index < -0.39 is 6.10 Å². The van der Waals surface area contributed by atoms with Gasteiger partial charge in [0.05, 0.1) is 18.8 Å². The molecular formula is C17H23NO2. The highest BCUT2D eigenvalue weighted by Gasteiger charge is 2.15. The Kier molecular flexibility index (Phi) is 5.91. The smallest absolute Gasteiger partial charge is 0.0945 e. The molecule has 3 nitrogen and oxygen atoms in total. The molecule has 0 radical (unpaired) electrons. The van der Waals surface area contributed by atoms with E-state index in [0.29, 0.717) is 19.3 Å². The lowest BCUT2D eigenvalue weighted by atomic mass is 9.98. The summed E-state index contributed by atoms with van der Waals surface area (Å²) < 4.78 is 5.76. The van der Waals surface area contributed by atoms with E-state index in [9.17, 15) is 5.11 Å². The summed E-state index contributed by atoms with van der Waals surface area (Å²) in [5.74, 6) is 2.60. The third-order valence-electron chi connectivity index (χ3n) is 3.65. The molecule has 108 valence electrons. The molecule has 1 aliphatic rings. The minimum absolute atomic E-state index is 0.336. The fraction of sp³-hybridized carbons (Fsp3) is 0.529. The van der Waals surface area contributed by atoms with E-state index >= 15 is 0 Å². The molecule has 1 atom stereocenters. The molecule has 0 spiro atoms. The van der Waals surface area contributed by atoms with Crippen LogP contribution in [0.1, 0.15) is 37.7 Å². The first-order valence-electron chi connectivity index (χ1n) is 7.38. The number of terminal acetylenes is 1. The van der Waals surface area contributed by atoms with Gasteiger partial charge in [0.15, 0.2) is 0 Å². The van der Waals surface area contributed by atoms with Crippen LogP contribution >= 0.6 is 0 Å². The van der Waals surface area contributed by atoms with Gasteiger partial charge >= 0.3 is 0 Å². The molecule has 0 amide bonds. The van der Waals surface area contributed by atoms with E-state index in [0.717, 1.165) is 24.1 Å². The monoisotopic (exact) mass is 273 g/mol. The Balaban J connectivity index is 1.68. The van der Waals surface area contributed by atoms with E-state index in [1.54, 1.807) is 0 Å². The Morgan fingerprint density at radius 1 is 1.35 bits per heavy atom. The highest BCUT2D eigenvalue weighted by molar-refractivity contribution is 5.49. The molecule has 0 saturated heterocycles. The molecule has 1 aliphatic carbocycles. The van der Waals surface area contributed by atoms with Crippen molar-refractivity contribution in [2.45, 2.75) is 44.3 Å². The van der Waals surface area contributed by atoms with E-state index in [2.05, 4.69) is 11.2 Å². The maximum Gasteiger partial charge on any atom is 0.0945 e. The second-order valence-electron chi connectivity index (χ2n) is 5.35. The highest BCUT2D eigenvalue weighted by Crippen LogP contribution is 2.20. The van der Waals surface area contributed by atoms with Crippen LogP contribution in [0.4, 0.5) is 5.69 Å². The predicted octanol–water partition coefficient (Wildman–Crippen LogP) is 2.79. The maximum atomic E-state index is 9.94. The van der Waals surface area contributed by atoms with Crippen molar-refractivity contribution in [2.24, 2.45) is 0 Å². The zero-order valence-corrected chi connectivity index (χ0v) is 11.8. The number of rotatable bonds is 6. The molecule has 0 aliphatic heterocycles. The Morgan fingerprint density at radius 3 is 2.90 bits per heavy atom. The molecule has 1 fully saturated rings. The van der Waals surface area contributed by atoms with Gasteiger partial charge in [-0.2, -0.15) is 0 Å². The molecule has 1 saturated carbocycles. The predicted molar refractivity (Wildman–Crippen MR) is 81.7 cm³/mol. The lowest BCUT2D eigenvalue weighted by molar-refractivity contribution is -0.0195. The van der Waals surface area contributed by atoms with E-state index in [4.69, 9.17) is 11.2 Å². The van der Waals surface area contributed by atoms with Gasteiger partial charge in [0, 0.05) is 17.8 Å². The molecular weight excluding hydrogens is 250 g/mol. The van der Waals surface area contributed by atoms with Crippen molar-refractivity contribution in [1.82, 2.24) is 0 Å². The van der Waals surface area contributed by atoms with Gasteiger partial charge in [-0.3, -0.25) is 0 Å².